The fourth-order valence-electron chi connectivity index (χ4n) is 5.32. The van der Waals surface area contributed by atoms with E-state index in [1.54, 1.807) is 27.7 Å². The number of thioether (sulfide) groups is 1. The molecule has 0 spiro atoms. The minimum atomic E-state index is 0.0211. The molecule has 6 nitrogen and oxygen atoms in total. The van der Waals surface area contributed by atoms with Crippen LogP contribution in [0.3, 0.4) is 0 Å². The van der Waals surface area contributed by atoms with Crippen LogP contribution in [0.1, 0.15) is 27.1 Å². The molecule has 0 atom stereocenters. The summed E-state index contributed by atoms with van der Waals surface area (Å²) in [6, 6.07) is 24.7. The maximum Gasteiger partial charge on any atom is 0.267 e. The van der Waals surface area contributed by atoms with Crippen LogP contribution in [0.15, 0.2) is 82.7 Å². The van der Waals surface area contributed by atoms with Gasteiger partial charge in [0.1, 0.15) is 4.83 Å². The molecule has 0 fully saturated rings. The Balaban J connectivity index is 1.26. The summed E-state index contributed by atoms with van der Waals surface area (Å²) < 4.78 is 12.8. The predicted molar refractivity (Wildman–Crippen MR) is 156 cm³/mol. The monoisotopic (exact) mass is 553 g/mol. The van der Waals surface area contributed by atoms with E-state index in [0.717, 1.165) is 64.6 Å². The molecule has 3 aromatic carbocycles. The number of rotatable bonds is 6. The predicted octanol–water partition coefficient (Wildman–Crippen LogP) is 6.33. The second-order valence-corrected chi connectivity index (χ2v) is 12.0. The van der Waals surface area contributed by atoms with E-state index >= 15 is 0 Å². The van der Waals surface area contributed by atoms with Crippen LogP contribution in [-0.2, 0) is 25.3 Å². The van der Waals surface area contributed by atoms with Crippen LogP contribution < -0.4 is 15.0 Å². The largest absolute Gasteiger partial charge is 0.454 e. The van der Waals surface area contributed by atoms with Crippen molar-refractivity contribution in [2.75, 3.05) is 13.3 Å². The van der Waals surface area contributed by atoms with Crippen molar-refractivity contribution >= 4 is 33.3 Å². The van der Waals surface area contributed by atoms with Gasteiger partial charge in [-0.25, -0.2) is 4.98 Å². The third-order valence-corrected chi connectivity index (χ3v) is 9.36. The summed E-state index contributed by atoms with van der Waals surface area (Å²) >= 11 is 3.25. The highest BCUT2D eigenvalue weighted by Crippen LogP contribution is 2.37. The van der Waals surface area contributed by atoms with Crippen molar-refractivity contribution < 1.29 is 9.47 Å². The molecule has 0 amide bonds. The molecule has 0 N–H and O–H groups in total. The highest BCUT2D eigenvalue weighted by Gasteiger charge is 2.26. The summed E-state index contributed by atoms with van der Waals surface area (Å²) in [5.74, 6) is 2.19. The number of ether oxygens (including phenoxy) is 2. The number of fused-ring (bicyclic) bond motifs is 4. The summed E-state index contributed by atoms with van der Waals surface area (Å²) in [6.45, 7) is 4.98. The molecule has 4 heterocycles. The number of thiophene rings is 1. The van der Waals surface area contributed by atoms with Crippen molar-refractivity contribution in [3.8, 4) is 17.2 Å². The average molecular weight is 554 g/mol. The molecule has 0 unspecified atom stereocenters. The summed E-state index contributed by atoms with van der Waals surface area (Å²) in [7, 11) is 0. The van der Waals surface area contributed by atoms with E-state index in [4.69, 9.17) is 14.5 Å². The van der Waals surface area contributed by atoms with Gasteiger partial charge in [0.2, 0.25) is 6.79 Å². The fourth-order valence-corrected chi connectivity index (χ4v) is 7.58. The van der Waals surface area contributed by atoms with Crippen molar-refractivity contribution in [1.82, 2.24) is 14.5 Å². The normalized spacial score (nSPS) is 14.6. The van der Waals surface area contributed by atoms with Crippen LogP contribution in [0.2, 0.25) is 0 Å². The molecule has 0 saturated carbocycles. The summed E-state index contributed by atoms with van der Waals surface area (Å²) in [4.78, 5) is 23.9. The first-order chi connectivity index (χ1) is 19.1. The third kappa shape index (κ3) is 4.73. The quantitative estimate of drug-likeness (QED) is 0.181. The molecule has 2 aliphatic rings. The van der Waals surface area contributed by atoms with E-state index in [9.17, 15) is 4.79 Å². The minimum absolute atomic E-state index is 0.0211. The van der Waals surface area contributed by atoms with Crippen LogP contribution in [0, 0.1) is 6.92 Å². The van der Waals surface area contributed by atoms with E-state index in [1.807, 2.05) is 43.3 Å². The van der Waals surface area contributed by atoms with Crippen LogP contribution in [0.5, 0.6) is 11.5 Å². The smallest absolute Gasteiger partial charge is 0.267 e. The summed E-state index contributed by atoms with van der Waals surface area (Å²) in [5.41, 5.74) is 5.55. The van der Waals surface area contributed by atoms with Crippen molar-refractivity contribution in [2.45, 2.75) is 37.3 Å². The van der Waals surface area contributed by atoms with Crippen molar-refractivity contribution in [2.24, 2.45) is 0 Å². The molecular formula is C31H27N3O3S2. The number of benzene rings is 3. The Bertz CT molecular complexity index is 1750. The van der Waals surface area contributed by atoms with E-state index in [1.165, 1.54) is 16.0 Å². The zero-order chi connectivity index (χ0) is 26.3. The topological polar surface area (TPSA) is 56.6 Å². The number of hydrogen-bond acceptors (Lipinski definition) is 7. The maximum absolute atomic E-state index is 14.2. The maximum atomic E-state index is 14.2. The fraction of sp³-hybridized carbons (Fsp3) is 0.226. The highest BCUT2D eigenvalue weighted by atomic mass is 32.2. The molecule has 39 heavy (non-hydrogen) atoms. The van der Waals surface area contributed by atoms with Gasteiger partial charge in [0, 0.05) is 30.3 Å². The van der Waals surface area contributed by atoms with E-state index in [2.05, 4.69) is 41.3 Å². The second kappa shape index (κ2) is 10.2. The third-order valence-electron chi connectivity index (χ3n) is 7.24. The molecule has 0 bridgehead atoms. The van der Waals surface area contributed by atoms with Gasteiger partial charge in [-0.05, 0) is 59.9 Å². The van der Waals surface area contributed by atoms with E-state index in [-0.39, 0.29) is 12.4 Å². The first-order valence-electron chi connectivity index (χ1n) is 13.0. The summed E-state index contributed by atoms with van der Waals surface area (Å²) in [5, 5.41) is 1.49. The lowest BCUT2D eigenvalue weighted by Gasteiger charge is -2.26. The first kappa shape index (κ1) is 24.5. The first-order valence-corrected chi connectivity index (χ1v) is 14.8. The van der Waals surface area contributed by atoms with Crippen LogP contribution >= 0.6 is 23.1 Å². The SMILES string of the molecule is Cc1cccc(-n2c(SCc3ccc4c(c3)OCO4)nc3sc4c(c3c2=O)CCN(Cc2ccccc2)C4)c1. The van der Waals surface area contributed by atoms with Gasteiger partial charge in [0.15, 0.2) is 16.7 Å². The molecule has 196 valence electrons. The molecule has 8 heteroatoms. The minimum Gasteiger partial charge on any atom is -0.454 e. The lowest BCUT2D eigenvalue weighted by atomic mass is 10.0. The Labute approximate surface area is 234 Å². The van der Waals surface area contributed by atoms with Crippen LogP contribution in [0.25, 0.3) is 15.9 Å². The number of aromatic nitrogens is 2. The second-order valence-electron chi connectivity index (χ2n) is 9.98. The van der Waals surface area contributed by atoms with Gasteiger partial charge in [-0.15, -0.1) is 11.3 Å². The Morgan fingerprint density at radius 3 is 2.72 bits per heavy atom. The molecule has 2 aliphatic heterocycles. The number of nitrogens with zero attached hydrogens (tertiary/aromatic N) is 3. The van der Waals surface area contributed by atoms with E-state index in [0.29, 0.717) is 10.9 Å². The number of aryl methyl sites for hydroxylation is 1. The van der Waals surface area contributed by atoms with Gasteiger partial charge in [0.05, 0.1) is 11.1 Å². The Morgan fingerprint density at radius 1 is 0.974 bits per heavy atom. The Morgan fingerprint density at radius 2 is 1.85 bits per heavy atom. The van der Waals surface area contributed by atoms with Gasteiger partial charge in [-0.1, -0.05) is 60.3 Å². The van der Waals surface area contributed by atoms with Gasteiger partial charge < -0.3 is 9.47 Å². The van der Waals surface area contributed by atoms with Crippen molar-refractivity contribution in [3.63, 3.8) is 0 Å². The lowest BCUT2D eigenvalue weighted by molar-refractivity contribution is 0.174. The molecule has 0 radical (unpaired) electrons. The van der Waals surface area contributed by atoms with Crippen LogP contribution in [0.4, 0.5) is 0 Å². The van der Waals surface area contributed by atoms with E-state index < -0.39 is 0 Å². The molecule has 0 aliphatic carbocycles. The Hall–Kier alpha value is -3.59. The van der Waals surface area contributed by atoms with Gasteiger partial charge in [-0.3, -0.25) is 14.3 Å². The van der Waals surface area contributed by atoms with Crippen molar-refractivity contribution in [3.05, 3.63) is 110 Å². The number of hydrogen-bond donors (Lipinski definition) is 0. The zero-order valence-electron chi connectivity index (χ0n) is 21.6. The average Bonchev–Trinajstić information content (AvgIpc) is 3.56. The lowest BCUT2D eigenvalue weighted by Crippen LogP contribution is -2.30. The molecular weight excluding hydrogens is 526 g/mol. The molecule has 7 rings (SSSR count). The van der Waals surface area contributed by atoms with Crippen molar-refractivity contribution in [1.29, 1.82) is 0 Å². The highest BCUT2D eigenvalue weighted by molar-refractivity contribution is 7.98. The molecule has 2 aromatic heterocycles. The Kier molecular flexibility index (Phi) is 6.39. The van der Waals surface area contributed by atoms with Crippen LogP contribution in [-0.4, -0.2) is 27.8 Å². The van der Waals surface area contributed by atoms with Gasteiger partial charge >= 0.3 is 0 Å². The zero-order valence-corrected chi connectivity index (χ0v) is 23.2. The molecule has 5 aromatic rings. The van der Waals surface area contributed by atoms with Gasteiger partial charge in [0.25, 0.3) is 5.56 Å². The van der Waals surface area contributed by atoms with Gasteiger partial charge in [-0.2, -0.15) is 0 Å². The standard InChI is InChI=1S/C31H27N3O3S2/c1-20-6-5-9-23(14-20)34-30(35)28-24-12-13-33(16-21-7-3-2-4-8-21)17-27(24)39-29(28)32-31(34)38-18-22-10-11-25-26(15-22)37-19-36-25/h2-11,14-15H,12-13,16-19H2,1H3. The molecule has 0 saturated heterocycles. The summed E-state index contributed by atoms with van der Waals surface area (Å²) in [6.07, 6.45) is 0.858.